The van der Waals surface area contributed by atoms with Crippen molar-refractivity contribution in [2.24, 2.45) is 0 Å². The summed E-state index contributed by atoms with van der Waals surface area (Å²) in [7, 11) is 0. The summed E-state index contributed by atoms with van der Waals surface area (Å²) in [4.78, 5) is 1.22. The van der Waals surface area contributed by atoms with Gasteiger partial charge in [-0.3, -0.25) is 0 Å². The standard InChI is InChI=1S/C25H22FNO2S/c1-24(20-7-3-14-30-20)15-29-25(12-4-13-25)23-22(24)21-18(5-2-6-19(21)28)27(23)17-10-8-16(26)9-11-17/h2-3,5-11,14,28H,4,12-13,15H2,1H3. The molecule has 0 bridgehead atoms. The Labute approximate surface area is 178 Å². The number of rotatable bonds is 2. The molecule has 1 atom stereocenters. The summed E-state index contributed by atoms with van der Waals surface area (Å²) in [6.07, 6.45) is 3.03. The molecule has 2 aromatic heterocycles. The Kier molecular flexibility index (Phi) is 3.75. The van der Waals surface area contributed by atoms with Crippen LogP contribution >= 0.6 is 11.3 Å². The van der Waals surface area contributed by atoms with Gasteiger partial charge in [0.05, 0.1) is 23.2 Å². The van der Waals surface area contributed by atoms with E-state index in [4.69, 9.17) is 4.74 Å². The number of hydrogen-bond donors (Lipinski definition) is 1. The average Bonchev–Trinajstić information content (AvgIpc) is 3.36. The van der Waals surface area contributed by atoms with Gasteiger partial charge in [-0.15, -0.1) is 11.3 Å². The number of halogens is 1. The van der Waals surface area contributed by atoms with E-state index >= 15 is 0 Å². The van der Waals surface area contributed by atoms with Crippen LogP contribution in [0.15, 0.2) is 60.0 Å². The van der Waals surface area contributed by atoms with E-state index < -0.39 is 0 Å². The van der Waals surface area contributed by atoms with Crippen LogP contribution in [0, 0.1) is 5.82 Å². The first-order valence-electron chi connectivity index (χ1n) is 10.3. The summed E-state index contributed by atoms with van der Waals surface area (Å²) in [6.45, 7) is 2.79. The van der Waals surface area contributed by atoms with Crippen LogP contribution in [0.1, 0.15) is 42.3 Å². The molecule has 1 aliphatic carbocycles. The van der Waals surface area contributed by atoms with Crippen LogP contribution in [0.4, 0.5) is 4.39 Å². The van der Waals surface area contributed by atoms with Crippen molar-refractivity contribution >= 4 is 22.2 Å². The van der Waals surface area contributed by atoms with E-state index in [1.54, 1.807) is 17.4 Å². The predicted molar refractivity (Wildman–Crippen MR) is 117 cm³/mol. The highest BCUT2D eigenvalue weighted by molar-refractivity contribution is 7.10. The van der Waals surface area contributed by atoms with E-state index in [0.29, 0.717) is 6.61 Å². The normalized spacial score (nSPS) is 22.2. The Balaban J connectivity index is 1.78. The molecule has 0 saturated heterocycles. The highest BCUT2D eigenvalue weighted by Gasteiger charge is 2.53. The number of hydrogen-bond acceptors (Lipinski definition) is 3. The summed E-state index contributed by atoms with van der Waals surface area (Å²) in [5.74, 6) is 0.0220. The smallest absolute Gasteiger partial charge is 0.125 e. The van der Waals surface area contributed by atoms with E-state index in [0.717, 1.165) is 47.1 Å². The first-order valence-corrected chi connectivity index (χ1v) is 11.2. The first-order chi connectivity index (χ1) is 14.5. The highest BCUT2D eigenvalue weighted by atomic mass is 32.1. The molecule has 1 fully saturated rings. The lowest BCUT2D eigenvalue weighted by molar-refractivity contribution is -0.133. The van der Waals surface area contributed by atoms with Gasteiger partial charge in [0.1, 0.15) is 17.2 Å². The molecule has 2 aromatic carbocycles. The Hall–Kier alpha value is -2.63. The van der Waals surface area contributed by atoms with Gasteiger partial charge in [0.15, 0.2) is 0 Å². The Morgan fingerprint density at radius 3 is 2.53 bits per heavy atom. The minimum atomic E-state index is -0.368. The molecule has 1 N–H and O–H groups in total. The fourth-order valence-electron chi connectivity index (χ4n) is 5.24. The predicted octanol–water partition coefficient (Wildman–Crippen LogP) is 6.25. The number of phenols is 1. The number of thiophene rings is 1. The lowest BCUT2D eigenvalue weighted by Gasteiger charge is -2.50. The van der Waals surface area contributed by atoms with Gasteiger partial charge in [-0.1, -0.05) is 12.1 Å². The van der Waals surface area contributed by atoms with Crippen molar-refractivity contribution in [3.63, 3.8) is 0 Å². The zero-order valence-corrected chi connectivity index (χ0v) is 17.5. The number of benzene rings is 2. The summed E-state index contributed by atoms with van der Waals surface area (Å²) in [5.41, 5.74) is 3.36. The molecule has 1 unspecified atom stereocenters. The van der Waals surface area contributed by atoms with Gasteiger partial charge < -0.3 is 14.4 Å². The number of aromatic nitrogens is 1. The molecule has 2 aliphatic rings. The molecule has 5 heteroatoms. The molecule has 30 heavy (non-hydrogen) atoms. The van der Waals surface area contributed by atoms with Gasteiger partial charge in [-0.05, 0) is 74.0 Å². The van der Waals surface area contributed by atoms with Crippen LogP contribution in [-0.2, 0) is 15.8 Å². The molecule has 0 amide bonds. The van der Waals surface area contributed by atoms with Crippen LogP contribution in [0.3, 0.4) is 0 Å². The van der Waals surface area contributed by atoms with Crippen LogP contribution in [0.2, 0.25) is 0 Å². The Morgan fingerprint density at radius 1 is 1.07 bits per heavy atom. The van der Waals surface area contributed by atoms with Gasteiger partial charge >= 0.3 is 0 Å². The van der Waals surface area contributed by atoms with E-state index in [1.807, 2.05) is 24.3 Å². The third-order valence-electron chi connectivity index (χ3n) is 6.90. The van der Waals surface area contributed by atoms with E-state index in [9.17, 15) is 9.50 Å². The van der Waals surface area contributed by atoms with Crippen molar-refractivity contribution in [3.05, 3.63) is 81.9 Å². The number of ether oxygens (including phenoxy) is 1. The van der Waals surface area contributed by atoms with Crippen molar-refractivity contribution in [2.45, 2.75) is 37.2 Å². The van der Waals surface area contributed by atoms with Gasteiger partial charge in [-0.2, -0.15) is 0 Å². The van der Waals surface area contributed by atoms with Crippen LogP contribution in [0.5, 0.6) is 5.75 Å². The number of fused-ring (bicyclic) bond motifs is 4. The highest BCUT2D eigenvalue weighted by Crippen LogP contribution is 2.58. The lowest BCUT2D eigenvalue weighted by Crippen LogP contribution is -2.49. The first kappa shape index (κ1) is 18.2. The number of aromatic hydroxyl groups is 1. The molecule has 0 radical (unpaired) electrons. The maximum atomic E-state index is 13.7. The molecular formula is C25H22FNO2S. The largest absolute Gasteiger partial charge is 0.507 e. The fourth-order valence-corrected chi connectivity index (χ4v) is 6.12. The molecule has 1 spiro atoms. The zero-order chi connectivity index (χ0) is 20.5. The molecule has 3 heterocycles. The minimum Gasteiger partial charge on any atom is -0.507 e. The van der Waals surface area contributed by atoms with Gasteiger partial charge in [0.25, 0.3) is 0 Å². The second-order valence-electron chi connectivity index (χ2n) is 8.65. The maximum Gasteiger partial charge on any atom is 0.125 e. The Bertz CT molecular complexity index is 1250. The molecule has 1 saturated carbocycles. The van der Waals surface area contributed by atoms with Crippen LogP contribution < -0.4 is 0 Å². The number of phenolic OH excluding ortho intramolecular Hbond substituents is 1. The Morgan fingerprint density at radius 2 is 1.87 bits per heavy atom. The van der Waals surface area contributed by atoms with Crippen molar-refractivity contribution in [2.75, 3.05) is 6.61 Å². The maximum absolute atomic E-state index is 13.7. The van der Waals surface area contributed by atoms with Crippen molar-refractivity contribution in [3.8, 4) is 11.4 Å². The fraction of sp³-hybridized carbons (Fsp3) is 0.280. The minimum absolute atomic E-state index is 0.259. The summed E-state index contributed by atoms with van der Waals surface area (Å²) >= 11 is 1.72. The quantitative estimate of drug-likeness (QED) is 0.417. The van der Waals surface area contributed by atoms with Crippen LogP contribution in [0.25, 0.3) is 16.6 Å². The molecule has 1 aliphatic heterocycles. The van der Waals surface area contributed by atoms with Crippen molar-refractivity contribution in [1.82, 2.24) is 4.57 Å². The van der Waals surface area contributed by atoms with E-state index in [1.165, 1.54) is 17.0 Å². The summed E-state index contributed by atoms with van der Waals surface area (Å²) in [5, 5.41) is 14.0. The van der Waals surface area contributed by atoms with Crippen molar-refractivity contribution < 1.29 is 14.2 Å². The van der Waals surface area contributed by atoms with Crippen molar-refractivity contribution in [1.29, 1.82) is 0 Å². The van der Waals surface area contributed by atoms with E-state index in [2.05, 4.69) is 29.0 Å². The zero-order valence-electron chi connectivity index (χ0n) is 16.7. The van der Waals surface area contributed by atoms with Gasteiger partial charge in [0, 0.05) is 21.5 Å². The molecule has 152 valence electrons. The van der Waals surface area contributed by atoms with Gasteiger partial charge in [-0.25, -0.2) is 4.39 Å². The lowest BCUT2D eigenvalue weighted by atomic mass is 9.68. The summed E-state index contributed by atoms with van der Waals surface area (Å²) < 4.78 is 22.6. The SMILES string of the molecule is CC1(c2cccs2)COC2(CCC2)c2c1c1c(O)cccc1n2-c1ccc(F)cc1. The van der Waals surface area contributed by atoms with E-state index in [-0.39, 0.29) is 22.6 Å². The summed E-state index contributed by atoms with van der Waals surface area (Å²) in [6, 6.07) is 16.5. The monoisotopic (exact) mass is 419 g/mol. The molecular weight excluding hydrogens is 397 g/mol. The molecule has 6 rings (SSSR count). The topological polar surface area (TPSA) is 34.4 Å². The second-order valence-corrected chi connectivity index (χ2v) is 9.60. The van der Waals surface area contributed by atoms with Gasteiger partial charge in [0.2, 0.25) is 0 Å². The third-order valence-corrected chi connectivity index (χ3v) is 8.04. The second kappa shape index (κ2) is 6.19. The molecule has 4 aromatic rings. The molecule has 3 nitrogen and oxygen atoms in total. The van der Waals surface area contributed by atoms with Crippen LogP contribution in [-0.4, -0.2) is 16.3 Å². The average molecular weight is 420 g/mol. The number of nitrogens with zero attached hydrogens (tertiary/aromatic N) is 1. The third kappa shape index (κ3) is 2.28.